The molecule has 3 aliphatic rings. The average Bonchev–Trinajstić information content (AvgIpc) is 2.39. The Morgan fingerprint density at radius 2 is 1.82 bits per heavy atom. The first-order chi connectivity index (χ1) is 8.40. The monoisotopic (exact) mass is 235 g/mol. The second-order valence-corrected chi connectivity index (χ2v) is 6.71. The first kappa shape index (κ1) is 12.0. The van der Waals surface area contributed by atoms with E-state index >= 15 is 0 Å². The van der Waals surface area contributed by atoms with E-state index in [4.69, 9.17) is 0 Å². The summed E-state index contributed by atoms with van der Waals surface area (Å²) in [6.45, 7) is 5.18. The van der Waals surface area contributed by atoms with Crippen LogP contribution in [-0.4, -0.2) is 24.0 Å². The van der Waals surface area contributed by atoms with Gasteiger partial charge in [-0.25, -0.2) is 0 Å². The molecule has 2 saturated heterocycles. The molecule has 0 amide bonds. The molecule has 0 N–H and O–H groups in total. The molecule has 2 unspecified atom stereocenters. The van der Waals surface area contributed by atoms with E-state index in [1.54, 1.807) is 19.3 Å². The van der Waals surface area contributed by atoms with Gasteiger partial charge in [0.1, 0.15) is 0 Å². The summed E-state index contributed by atoms with van der Waals surface area (Å²) in [6, 6.07) is 1.01. The summed E-state index contributed by atoms with van der Waals surface area (Å²) in [5.41, 5.74) is 0. The SMILES string of the molecule is CCCCC1CC[C@H]2CCCN3CCC[C@H]1C23. The predicted molar refractivity (Wildman–Crippen MR) is 73.1 cm³/mol. The topological polar surface area (TPSA) is 3.24 Å². The van der Waals surface area contributed by atoms with Crippen molar-refractivity contribution in [3.8, 4) is 0 Å². The van der Waals surface area contributed by atoms with Crippen LogP contribution in [0.4, 0.5) is 0 Å². The molecule has 2 heterocycles. The molecule has 98 valence electrons. The third-order valence-electron chi connectivity index (χ3n) is 5.79. The minimum atomic E-state index is 1.01. The average molecular weight is 235 g/mol. The highest BCUT2D eigenvalue weighted by Gasteiger charge is 2.44. The lowest BCUT2D eigenvalue weighted by Gasteiger charge is -2.54. The first-order valence-corrected chi connectivity index (χ1v) is 8.14. The van der Waals surface area contributed by atoms with Gasteiger partial charge in [-0.1, -0.05) is 26.2 Å². The quantitative estimate of drug-likeness (QED) is 0.712. The first-order valence-electron chi connectivity index (χ1n) is 8.14. The van der Waals surface area contributed by atoms with E-state index in [9.17, 15) is 0 Å². The molecule has 17 heavy (non-hydrogen) atoms. The molecular weight excluding hydrogens is 206 g/mol. The van der Waals surface area contributed by atoms with E-state index in [-0.39, 0.29) is 0 Å². The Morgan fingerprint density at radius 1 is 1.00 bits per heavy atom. The Labute approximate surface area is 107 Å². The van der Waals surface area contributed by atoms with Crippen molar-refractivity contribution in [1.82, 2.24) is 4.90 Å². The fraction of sp³-hybridized carbons (Fsp3) is 1.00. The van der Waals surface area contributed by atoms with Gasteiger partial charge in [0.25, 0.3) is 0 Å². The van der Waals surface area contributed by atoms with Gasteiger partial charge in [-0.05, 0) is 69.4 Å². The Morgan fingerprint density at radius 3 is 2.65 bits per heavy atom. The molecule has 3 fully saturated rings. The van der Waals surface area contributed by atoms with Crippen LogP contribution in [0.2, 0.25) is 0 Å². The van der Waals surface area contributed by atoms with Crippen LogP contribution in [0.5, 0.6) is 0 Å². The van der Waals surface area contributed by atoms with Crippen LogP contribution < -0.4 is 0 Å². The van der Waals surface area contributed by atoms with E-state index in [0.29, 0.717) is 0 Å². The Balaban J connectivity index is 1.71. The summed E-state index contributed by atoms with van der Waals surface area (Å²) in [6.07, 6.45) is 13.5. The highest BCUT2D eigenvalue weighted by Crippen LogP contribution is 2.47. The Bertz CT molecular complexity index is 241. The maximum atomic E-state index is 2.88. The number of unbranched alkanes of at least 4 members (excludes halogenated alkanes) is 1. The van der Waals surface area contributed by atoms with Crippen LogP contribution in [0.15, 0.2) is 0 Å². The summed E-state index contributed by atoms with van der Waals surface area (Å²) < 4.78 is 0. The third-order valence-corrected chi connectivity index (χ3v) is 5.79. The van der Waals surface area contributed by atoms with Crippen LogP contribution in [0, 0.1) is 17.8 Å². The Kier molecular flexibility index (Phi) is 3.75. The number of piperidine rings is 2. The van der Waals surface area contributed by atoms with Gasteiger partial charge in [0.15, 0.2) is 0 Å². The molecule has 1 heteroatoms. The third kappa shape index (κ3) is 2.28. The molecule has 0 spiro atoms. The summed E-state index contributed by atoms with van der Waals surface area (Å²) in [5, 5.41) is 0. The van der Waals surface area contributed by atoms with Crippen molar-refractivity contribution in [1.29, 1.82) is 0 Å². The molecule has 0 aromatic carbocycles. The van der Waals surface area contributed by atoms with Crippen molar-refractivity contribution in [2.24, 2.45) is 17.8 Å². The zero-order valence-corrected chi connectivity index (χ0v) is 11.5. The number of hydrogen-bond donors (Lipinski definition) is 0. The van der Waals surface area contributed by atoms with Crippen LogP contribution in [0.25, 0.3) is 0 Å². The lowest BCUT2D eigenvalue weighted by Crippen LogP contribution is -2.56. The van der Waals surface area contributed by atoms with Gasteiger partial charge in [0, 0.05) is 6.04 Å². The smallest absolute Gasteiger partial charge is 0.0154 e. The van der Waals surface area contributed by atoms with Gasteiger partial charge in [-0.2, -0.15) is 0 Å². The van der Waals surface area contributed by atoms with E-state index in [1.165, 1.54) is 51.6 Å². The number of rotatable bonds is 3. The van der Waals surface area contributed by atoms with Crippen molar-refractivity contribution in [2.45, 2.75) is 70.8 Å². The van der Waals surface area contributed by atoms with Gasteiger partial charge in [0.2, 0.25) is 0 Å². The van der Waals surface area contributed by atoms with Crippen LogP contribution in [0.3, 0.4) is 0 Å². The van der Waals surface area contributed by atoms with Gasteiger partial charge >= 0.3 is 0 Å². The van der Waals surface area contributed by atoms with Gasteiger partial charge < -0.3 is 0 Å². The van der Waals surface area contributed by atoms with Crippen LogP contribution in [-0.2, 0) is 0 Å². The van der Waals surface area contributed by atoms with Gasteiger partial charge in [-0.15, -0.1) is 0 Å². The second kappa shape index (κ2) is 5.30. The molecule has 3 rings (SSSR count). The maximum absolute atomic E-state index is 2.88. The fourth-order valence-electron chi connectivity index (χ4n) is 5.05. The Hall–Kier alpha value is -0.0400. The molecule has 2 aliphatic heterocycles. The van der Waals surface area contributed by atoms with Crippen molar-refractivity contribution in [3.63, 3.8) is 0 Å². The standard InChI is InChI=1S/C16H29N/c1-2-3-6-13-9-10-14-7-4-11-17-12-5-8-15(13)16(14)17/h13-16H,2-12H2,1H3/t13?,14-,15-,16?/m1/s1. The number of nitrogens with zero attached hydrogens (tertiary/aromatic N) is 1. The summed E-state index contributed by atoms with van der Waals surface area (Å²) in [4.78, 5) is 2.88. The van der Waals surface area contributed by atoms with Gasteiger partial charge in [-0.3, -0.25) is 4.90 Å². The minimum Gasteiger partial charge on any atom is -0.300 e. The molecule has 0 aromatic heterocycles. The largest absolute Gasteiger partial charge is 0.300 e. The van der Waals surface area contributed by atoms with Gasteiger partial charge in [0.05, 0.1) is 0 Å². The second-order valence-electron chi connectivity index (χ2n) is 6.71. The molecule has 1 aliphatic carbocycles. The highest BCUT2D eigenvalue weighted by molar-refractivity contribution is 4.98. The van der Waals surface area contributed by atoms with Crippen molar-refractivity contribution < 1.29 is 0 Å². The highest BCUT2D eigenvalue weighted by atomic mass is 15.2. The van der Waals surface area contributed by atoms with Crippen molar-refractivity contribution in [2.75, 3.05) is 13.1 Å². The van der Waals surface area contributed by atoms with Crippen molar-refractivity contribution in [3.05, 3.63) is 0 Å². The van der Waals surface area contributed by atoms with E-state index < -0.39 is 0 Å². The maximum Gasteiger partial charge on any atom is 0.0154 e. The van der Waals surface area contributed by atoms with Crippen LogP contribution >= 0.6 is 0 Å². The zero-order valence-electron chi connectivity index (χ0n) is 11.5. The lowest BCUT2D eigenvalue weighted by molar-refractivity contribution is -0.0411. The molecule has 0 bridgehead atoms. The summed E-state index contributed by atoms with van der Waals surface area (Å²) in [5.74, 6) is 3.23. The molecule has 1 nitrogen and oxygen atoms in total. The number of hydrogen-bond acceptors (Lipinski definition) is 1. The molecule has 4 atom stereocenters. The molecule has 0 radical (unpaired) electrons. The molecule has 0 aromatic rings. The van der Waals surface area contributed by atoms with Crippen molar-refractivity contribution >= 4 is 0 Å². The molecule has 1 saturated carbocycles. The zero-order chi connectivity index (χ0) is 11.7. The van der Waals surface area contributed by atoms with E-state index in [1.807, 2.05) is 0 Å². The van der Waals surface area contributed by atoms with Crippen LogP contribution in [0.1, 0.15) is 64.7 Å². The summed E-state index contributed by atoms with van der Waals surface area (Å²) in [7, 11) is 0. The van der Waals surface area contributed by atoms with E-state index in [2.05, 4.69) is 11.8 Å². The molecular formula is C16H29N. The predicted octanol–water partition coefficient (Wildman–Crippen LogP) is 4.08. The normalized spacial score (nSPS) is 42.2. The lowest BCUT2D eigenvalue weighted by atomic mass is 9.63. The summed E-state index contributed by atoms with van der Waals surface area (Å²) >= 11 is 0. The fourth-order valence-corrected chi connectivity index (χ4v) is 5.05. The minimum absolute atomic E-state index is 1.01. The van der Waals surface area contributed by atoms with E-state index in [0.717, 1.165) is 23.8 Å².